The minimum Gasteiger partial charge on any atom is -0.494 e. The smallest absolute Gasteiger partial charge is 0.272 e. The van der Waals surface area contributed by atoms with Crippen LogP contribution in [0.5, 0.6) is 5.75 Å². The first kappa shape index (κ1) is 29.8. The molecule has 1 aromatic heterocycles. The van der Waals surface area contributed by atoms with Crippen molar-refractivity contribution < 1.29 is 22.7 Å². The van der Waals surface area contributed by atoms with E-state index >= 15 is 0 Å². The van der Waals surface area contributed by atoms with Crippen LogP contribution in [0.25, 0.3) is 28.6 Å². The number of rotatable bonds is 7. The van der Waals surface area contributed by atoms with E-state index in [-0.39, 0.29) is 34.6 Å². The van der Waals surface area contributed by atoms with E-state index in [2.05, 4.69) is 0 Å². The minimum atomic E-state index is -3.43. The van der Waals surface area contributed by atoms with Crippen molar-refractivity contribution in [3.8, 4) is 28.8 Å². The number of sulfone groups is 1. The third-order valence-electron chi connectivity index (χ3n) is 7.98. The Kier molecular flexibility index (Phi) is 7.96. The number of imide groups is 1. The van der Waals surface area contributed by atoms with E-state index < -0.39 is 27.7 Å². The molecule has 2 aliphatic rings. The number of carbonyl (C=O) groups is 2. The fourth-order valence-corrected chi connectivity index (χ4v) is 7.57. The molecule has 1 saturated heterocycles. The zero-order valence-corrected chi connectivity index (χ0v) is 25.6. The Balaban J connectivity index is 1.59. The predicted octanol–water partition coefficient (Wildman–Crippen LogP) is 5.16. The van der Waals surface area contributed by atoms with E-state index in [0.29, 0.717) is 23.4 Å². The molecule has 0 aliphatic carbocycles. The first-order chi connectivity index (χ1) is 21.7. The van der Waals surface area contributed by atoms with Crippen molar-refractivity contribution in [3.05, 3.63) is 113 Å². The summed E-state index contributed by atoms with van der Waals surface area (Å²) >= 11 is 0. The predicted molar refractivity (Wildman–Crippen MR) is 171 cm³/mol. The summed E-state index contributed by atoms with van der Waals surface area (Å²) in [4.78, 5) is 29.0. The van der Waals surface area contributed by atoms with Crippen molar-refractivity contribution >= 4 is 33.3 Å². The van der Waals surface area contributed by atoms with Crippen molar-refractivity contribution in [1.29, 1.82) is 5.26 Å². The van der Waals surface area contributed by atoms with E-state index in [0.717, 1.165) is 27.5 Å². The second-order valence-electron chi connectivity index (χ2n) is 10.9. The van der Waals surface area contributed by atoms with Gasteiger partial charge in [0.25, 0.3) is 11.8 Å². The maximum absolute atomic E-state index is 14.3. The molecule has 9 nitrogen and oxygen atoms in total. The van der Waals surface area contributed by atoms with Gasteiger partial charge >= 0.3 is 0 Å². The summed E-state index contributed by atoms with van der Waals surface area (Å²) in [5, 5.41) is 15.2. The molecule has 1 fully saturated rings. The number of amides is 2. The number of nitriles is 1. The van der Waals surface area contributed by atoms with Gasteiger partial charge in [0, 0.05) is 22.9 Å². The number of aromatic nitrogens is 2. The van der Waals surface area contributed by atoms with Gasteiger partial charge in [0.2, 0.25) is 0 Å². The number of para-hydroxylation sites is 1. The van der Waals surface area contributed by atoms with Crippen LogP contribution in [0, 0.1) is 18.3 Å². The third-order valence-corrected chi connectivity index (χ3v) is 9.73. The number of carbonyl (C=O) groups excluding carboxylic acids is 2. The topological polar surface area (TPSA) is 122 Å². The number of hydrogen-bond donors (Lipinski definition) is 0. The summed E-state index contributed by atoms with van der Waals surface area (Å²) in [6.45, 7) is 4.39. The zero-order valence-electron chi connectivity index (χ0n) is 24.8. The van der Waals surface area contributed by atoms with E-state index in [9.17, 15) is 23.3 Å². The lowest BCUT2D eigenvalue weighted by Gasteiger charge is -2.32. The average molecular weight is 619 g/mol. The van der Waals surface area contributed by atoms with Crippen LogP contribution in [-0.4, -0.2) is 59.1 Å². The van der Waals surface area contributed by atoms with Crippen molar-refractivity contribution in [3.63, 3.8) is 0 Å². The molecule has 10 heteroatoms. The highest BCUT2D eigenvalue weighted by molar-refractivity contribution is 7.91. The van der Waals surface area contributed by atoms with Crippen LogP contribution in [0.2, 0.25) is 0 Å². The number of ether oxygens (including phenoxy) is 1. The summed E-state index contributed by atoms with van der Waals surface area (Å²) in [5.41, 5.74) is 4.28. The second-order valence-corrected chi connectivity index (χ2v) is 13.2. The van der Waals surface area contributed by atoms with Gasteiger partial charge in [0.1, 0.15) is 23.1 Å². The summed E-state index contributed by atoms with van der Waals surface area (Å²) in [5.74, 6) is -1.18. The van der Waals surface area contributed by atoms with Crippen LogP contribution >= 0.6 is 0 Å². The van der Waals surface area contributed by atoms with Crippen molar-refractivity contribution in [1.82, 2.24) is 14.7 Å². The van der Waals surface area contributed by atoms with Gasteiger partial charge in [-0.2, -0.15) is 10.4 Å². The highest BCUT2D eigenvalue weighted by atomic mass is 32.2. The van der Waals surface area contributed by atoms with Gasteiger partial charge in [-0.3, -0.25) is 14.5 Å². The fourth-order valence-electron chi connectivity index (χ4n) is 5.87. The minimum absolute atomic E-state index is 0.110. The van der Waals surface area contributed by atoms with E-state index in [1.54, 1.807) is 47.3 Å². The van der Waals surface area contributed by atoms with Gasteiger partial charge in [-0.25, -0.2) is 13.1 Å². The van der Waals surface area contributed by atoms with Crippen molar-refractivity contribution in [2.75, 3.05) is 18.1 Å². The molecule has 3 aromatic carbocycles. The molecule has 45 heavy (non-hydrogen) atoms. The van der Waals surface area contributed by atoms with E-state index in [1.165, 1.54) is 0 Å². The maximum Gasteiger partial charge on any atom is 0.272 e. The lowest BCUT2D eigenvalue weighted by Crippen LogP contribution is -2.49. The highest BCUT2D eigenvalue weighted by Crippen LogP contribution is 2.39. The normalized spacial score (nSPS) is 18.8. The summed E-state index contributed by atoms with van der Waals surface area (Å²) in [6, 6.07) is 25.2. The molecule has 0 saturated carbocycles. The highest BCUT2D eigenvalue weighted by Gasteiger charge is 2.45. The van der Waals surface area contributed by atoms with Crippen LogP contribution in [0.1, 0.15) is 30.0 Å². The molecule has 4 aromatic rings. The lowest BCUT2D eigenvalue weighted by atomic mass is 9.86. The molecule has 226 valence electrons. The molecule has 0 spiro atoms. The van der Waals surface area contributed by atoms with Crippen LogP contribution in [0.4, 0.5) is 0 Å². The van der Waals surface area contributed by atoms with Crippen LogP contribution in [0.15, 0.2) is 96.2 Å². The number of benzene rings is 3. The van der Waals surface area contributed by atoms with Crippen molar-refractivity contribution in [2.45, 2.75) is 26.3 Å². The molecule has 1 atom stereocenters. The lowest BCUT2D eigenvalue weighted by molar-refractivity contribution is -0.142. The monoisotopic (exact) mass is 618 g/mol. The number of hydrogen-bond acceptors (Lipinski definition) is 7. The fraction of sp³-hybridized carbons (Fsp3) is 0.200. The molecule has 1 unspecified atom stereocenters. The average Bonchev–Trinajstić information content (AvgIpc) is 3.62. The Morgan fingerprint density at radius 3 is 2.36 bits per heavy atom. The van der Waals surface area contributed by atoms with E-state index in [1.807, 2.05) is 68.4 Å². The summed E-state index contributed by atoms with van der Waals surface area (Å²) in [6.07, 6.45) is 3.58. The van der Waals surface area contributed by atoms with Gasteiger partial charge in [0.05, 0.1) is 35.4 Å². The van der Waals surface area contributed by atoms with Gasteiger partial charge in [0.15, 0.2) is 9.84 Å². The molecular weight excluding hydrogens is 588 g/mol. The molecule has 0 N–H and O–H groups in total. The Morgan fingerprint density at radius 2 is 1.73 bits per heavy atom. The first-order valence-corrected chi connectivity index (χ1v) is 16.4. The standard InChI is InChI=1S/C35H30N4O5S/c1-3-44-28-14-15-29(23(2)18-28)33-25(21-38(37-33)26-12-8-5-9-13-26)19-30-32(24-10-6-4-7-11-24)31(20-36)35(41)39(34(30)40)27-16-17-45(42,43)22-27/h4-15,18-19,21,27H,3,16-17,22H2,1-2H3/b30-19-. The molecule has 0 radical (unpaired) electrons. The Morgan fingerprint density at radius 1 is 1.02 bits per heavy atom. The SMILES string of the molecule is CCOc1ccc(-c2nn(-c3ccccc3)cc2/C=C2\C(=O)N(C3CCS(=O)(=O)C3)C(=O)C(C#N)=C2c2ccccc2)c(C)c1. The van der Waals surface area contributed by atoms with E-state index in [4.69, 9.17) is 9.84 Å². The molecule has 3 heterocycles. The number of aryl methyl sites for hydroxylation is 1. The Bertz CT molecular complexity index is 2020. The van der Waals surface area contributed by atoms with Crippen LogP contribution in [0.3, 0.4) is 0 Å². The Hall–Kier alpha value is -5.27. The van der Waals surface area contributed by atoms with Gasteiger partial charge in [-0.05, 0) is 67.8 Å². The summed E-state index contributed by atoms with van der Waals surface area (Å²) < 4.78 is 32.2. The maximum atomic E-state index is 14.3. The molecule has 2 amide bonds. The van der Waals surface area contributed by atoms with Gasteiger partial charge in [-0.1, -0.05) is 48.5 Å². The van der Waals surface area contributed by atoms with Gasteiger partial charge in [-0.15, -0.1) is 0 Å². The van der Waals surface area contributed by atoms with Crippen LogP contribution < -0.4 is 4.74 Å². The quantitative estimate of drug-likeness (QED) is 0.207. The van der Waals surface area contributed by atoms with Crippen molar-refractivity contribution in [2.24, 2.45) is 0 Å². The van der Waals surface area contributed by atoms with Gasteiger partial charge < -0.3 is 4.74 Å². The third kappa shape index (κ3) is 5.70. The zero-order chi connectivity index (χ0) is 31.7. The largest absolute Gasteiger partial charge is 0.494 e. The molecular formula is C35H30N4O5S. The molecule has 2 aliphatic heterocycles. The summed E-state index contributed by atoms with van der Waals surface area (Å²) in [7, 11) is -3.43. The van der Waals surface area contributed by atoms with Crippen LogP contribution in [-0.2, 0) is 19.4 Å². The molecule has 0 bridgehead atoms. The number of nitrogens with zero attached hydrogens (tertiary/aromatic N) is 4. The molecule has 6 rings (SSSR count). The first-order valence-electron chi connectivity index (χ1n) is 14.6. The Labute approximate surface area is 261 Å². The second kappa shape index (κ2) is 12.0.